The topological polar surface area (TPSA) is 114 Å². The van der Waals surface area contributed by atoms with Crippen LogP contribution in [0.3, 0.4) is 0 Å². The zero-order valence-electron chi connectivity index (χ0n) is 18.9. The van der Waals surface area contributed by atoms with Crippen molar-refractivity contribution >= 4 is 24.4 Å². The Labute approximate surface area is 206 Å². The van der Waals surface area contributed by atoms with Crippen LogP contribution < -0.4 is 0 Å². The molecule has 184 valence electrons. The summed E-state index contributed by atoms with van der Waals surface area (Å²) < 4.78 is 27.4. The Morgan fingerprint density at radius 2 is 1.06 bits per heavy atom. The van der Waals surface area contributed by atoms with Crippen molar-refractivity contribution in [2.24, 2.45) is 0 Å². The number of hydrogen-bond donors (Lipinski definition) is 0. The summed E-state index contributed by atoms with van der Waals surface area (Å²) in [6.07, 6.45) is -5.37. The monoisotopic (exact) mass is 490 g/mol. The second-order valence-electron chi connectivity index (χ2n) is 7.72. The van der Waals surface area contributed by atoms with Crippen LogP contribution >= 0.6 is 0 Å². The third-order valence-electron chi connectivity index (χ3n) is 5.35. The molecule has 0 unspecified atom stereocenters. The average molecular weight is 490 g/mol. The molecule has 1 aliphatic rings. The molecule has 0 aliphatic carbocycles. The van der Waals surface area contributed by atoms with Crippen molar-refractivity contribution in [3.63, 3.8) is 0 Å². The van der Waals surface area contributed by atoms with E-state index in [1.165, 1.54) is 24.3 Å². The molecule has 36 heavy (non-hydrogen) atoms. The van der Waals surface area contributed by atoms with Crippen LogP contribution in [-0.4, -0.2) is 55.6 Å². The number of ether oxygens (including phenoxy) is 5. The summed E-state index contributed by atoms with van der Waals surface area (Å²) in [5.74, 6) is -2.23. The first-order valence-electron chi connectivity index (χ1n) is 11.1. The SMILES string of the molecule is O=CO[C@@H]1OC[C@@H](OC(=O)c2ccccc2)[C@@H](OC(=O)c2ccccc2)[C@H]1OC(=O)c1ccccc1. The number of carbonyl (C=O) groups excluding carboxylic acids is 4. The fraction of sp³-hybridized carbons (Fsp3) is 0.185. The molecule has 0 N–H and O–H groups in total. The molecule has 0 spiro atoms. The van der Waals surface area contributed by atoms with Crippen molar-refractivity contribution in [1.29, 1.82) is 0 Å². The largest absolute Gasteiger partial charge is 0.452 e. The molecule has 1 aliphatic heterocycles. The van der Waals surface area contributed by atoms with E-state index in [2.05, 4.69) is 0 Å². The van der Waals surface area contributed by atoms with Gasteiger partial charge in [0.1, 0.15) is 0 Å². The van der Waals surface area contributed by atoms with Gasteiger partial charge >= 0.3 is 17.9 Å². The normalized spacial score (nSPS) is 21.0. The van der Waals surface area contributed by atoms with Gasteiger partial charge in [0.2, 0.25) is 12.4 Å². The van der Waals surface area contributed by atoms with E-state index in [9.17, 15) is 19.2 Å². The molecule has 0 aromatic heterocycles. The Bertz CT molecular complexity index is 1180. The maximum atomic E-state index is 12.9. The van der Waals surface area contributed by atoms with Crippen LogP contribution in [0.2, 0.25) is 0 Å². The fourth-order valence-corrected chi connectivity index (χ4v) is 3.60. The van der Waals surface area contributed by atoms with Gasteiger partial charge in [0.15, 0.2) is 12.2 Å². The smallest absolute Gasteiger partial charge is 0.338 e. The van der Waals surface area contributed by atoms with Gasteiger partial charge < -0.3 is 23.7 Å². The second kappa shape index (κ2) is 11.8. The highest BCUT2D eigenvalue weighted by molar-refractivity contribution is 5.91. The van der Waals surface area contributed by atoms with Crippen LogP contribution in [0.1, 0.15) is 31.1 Å². The number of esters is 3. The first-order chi connectivity index (χ1) is 17.6. The second-order valence-corrected chi connectivity index (χ2v) is 7.72. The summed E-state index contributed by atoms with van der Waals surface area (Å²) in [6, 6.07) is 24.4. The molecule has 4 atom stereocenters. The molecule has 4 rings (SSSR count). The molecule has 0 radical (unpaired) electrons. The van der Waals surface area contributed by atoms with Crippen LogP contribution in [0, 0.1) is 0 Å². The number of rotatable bonds is 8. The maximum Gasteiger partial charge on any atom is 0.338 e. The predicted molar refractivity (Wildman–Crippen MR) is 124 cm³/mol. The molecule has 1 heterocycles. The van der Waals surface area contributed by atoms with Gasteiger partial charge in [0, 0.05) is 0 Å². The van der Waals surface area contributed by atoms with Gasteiger partial charge in [-0.3, -0.25) is 4.79 Å². The minimum Gasteiger partial charge on any atom is -0.452 e. The zero-order valence-corrected chi connectivity index (χ0v) is 18.9. The first kappa shape index (κ1) is 24.6. The van der Waals surface area contributed by atoms with Crippen molar-refractivity contribution in [1.82, 2.24) is 0 Å². The Morgan fingerprint density at radius 1 is 0.639 bits per heavy atom. The van der Waals surface area contributed by atoms with E-state index in [1.54, 1.807) is 66.7 Å². The lowest BCUT2D eigenvalue weighted by molar-refractivity contribution is -0.256. The number of hydrogen-bond acceptors (Lipinski definition) is 9. The van der Waals surface area contributed by atoms with Crippen molar-refractivity contribution in [2.45, 2.75) is 24.6 Å². The van der Waals surface area contributed by atoms with Gasteiger partial charge in [-0.1, -0.05) is 54.6 Å². The Hall–Kier alpha value is -4.50. The van der Waals surface area contributed by atoms with E-state index in [0.717, 1.165) is 0 Å². The van der Waals surface area contributed by atoms with Gasteiger partial charge in [-0.05, 0) is 36.4 Å². The lowest BCUT2D eigenvalue weighted by atomic mass is 10.0. The molecule has 0 bridgehead atoms. The van der Waals surface area contributed by atoms with Crippen molar-refractivity contribution in [3.8, 4) is 0 Å². The summed E-state index contributed by atoms with van der Waals surface area (Å²) in [7, 11) is 0. The van der Waals surface area contributed by atoms with Gasteiger partial charge in [0.25, 0.3) is 6.47 Å². The third-order valence-corrected chi connectivity index (χ3v) is 5.35. The summed E-state index contributed by atoms with van der Waals surface area (Å²) in [5.41, 5.74) is 0.687. The highest BCUT2D eigenvalue weighted by Crippen LogP contribution is 2.27. The van der Waals surface area contributed by atoms with Gasteiger partial charge in [-0.25, -0.2) is 14.4 Å². The summed E-state index contributed by atoms with van der Waals surface area (Å²) in [4.78, 5) is 49.7. The van der Waals surface area contributed by atoms with Gasteiger partial charge in [-0.15, -0.1) is 0 Å². The van der Waals surface area contributed by atoms with E-state index in [4.69, 9.17) is 23.7 Å². The molecular formula is C27H22O9. The lowest BCUT2D eigenvalue weighted by Crippen LogP contribution is -2.58. The average Bonchev–Trinajstić information content (AvgIpc) is 2.93. The Balaban J connectivity index is 1.64. The van der Waals surface area contributed by atoms with E-state index in [1.807, 2.05) is 0 Å². The van der Waals surface area contributed by atoms with E-state index in [-0.39, 0.29) is 29.8 Å². The minimum absolute atomic E-state index is 0.125. The first-order valence-corrected chi connectivity index (χ1v) is 11.1. The lowest BCUT2D eigenvalue weighted by Gasteiger charge is -2.39. The molecular weight excluding hydrogens is 468 g/mol. The molecule has 9 heteroatoms. The van der Waals surface area contributed by atoms with Crippen LogP contribution in [0.5, 0.6) is 0 Å². The summed E-state index contributed by atoms with van der Waals surface area (Å²) in [5, 5.41) is 0. The van der Waals surface area contributed by atoms with Gasteiger partial charge in [0.05, 0.1) is 23.3 Å². The standard InChI is InChI=1S/C27H22O9/c28-17-33-27-23(36-26(31)20-14-8-3-9-15-20)22(35-25(30)19-12-6-2-7-13-19)21(16-32-27)34-24(29)18-10-4-1-5-11-18/h1-15,17,21-23,27H,16H2/t21-,22-,23-,27+/m1/s1. The van der Waals surface area contributed by atoms with Crippen molar-refractivity contribution in [3.05, 3.63) is 108 Å². The van der Waals surface area contributed by atoms with Gasteiger partial charge in [-0.2, -0.15) is 0 Å². The number of benzene rings is 3. The summed E-state index contributed by atoms with van der Waals surface area (Å²) in [6.45, 7) is -0.163. The highest BCUT2D eigenvalue weighted by atomic mass is 16.7. The number of carbonyl (C=O) groups is 4. The molecule has 3 aromatic carbocycles. The predicted octanol–water partition coefficient (Wildman–Crippen LogP) is 3.19. The minimum atomic E-state index is -1.43. The van der Waals surface area contributed by atoms with Crippen molar-refractivity contribution < 1.29 is 42.9 Å². The molecule has 9 nitrogen and oxygen atoms in total. The molecule has 3 aromatic rings. The van der Waals surface area contributed by atoms with Crippen LogP contribution in [0.15, 0.2) is 91.0 Å². The van der Waals surface area contributed by atoms with E-state index in [0.29, 0.717) is 0 Å². The zero-order chi connectivity index (χ0) is 25.3. The van der Waals surface area contributed by atoms with Crippen molar-refractivity contribution in [2.75, 3.05) is 6.61 Å². The highest BCUT2D eigenvalue weighted by Gasteiger charge is 2.49. The molecule has 1 fully saturated rings. The molecule has 0 amide bonds. The van der Waals surface area contributed by atoms with E-state index >= 15 is 0 Å². The van der Waals surface area contributed by atoms with Crippen LogP contribution in [0.25, 0.3) is 0 Å². The van der Waals surface area contributed by atoms with E-state index < -0.39 is 42.5 Å². The van der Waals surface area contributed by atoms with Crippen LogP contribution in [0.4, 0.5) is 0 Å². The molecule has 0 saturated carbocycles. The Morgan fingerprint density at radius 3 is 1.50 bits per heavy atom. The Kier molecular flexibility index (Phi) is 8.05. The maximum absolute atomic E-state index is 12.9. The van der Waals surface area contributed by atoms with Crippen LogP contribution in [-0.2, 0) is 28.5 Å². The molecule has 1 saturated heterocycles. The fourth-order valence-electron chi connectivity index (χ4n) is 3.60. The third kappa shape index (κ3) is 5.94. The quantitative estimate of drug-likeness (QED) is 0.267. The summed E-state index contributed by atoms with van der Waals surface area (Å²) >= 11 is 0.